The van der Waals surface area contributed by atoms with E-state index in [0.29, 0.717) is 12.3 Å². The largest absolute Gasteiger partial charge is 0.243 e. The van der Waals surface area contributed by atoms with E-state index >= 15 is 0 Å². The van der Waals surface area contributed by atoms with Gasteiger partial charge in [-0.2, -0.15) is 0 Å². The van der Waals surface area contributed by atoms with Crippen molar-refractivity contribution in [3.05, 3.63) is 83.9 Å². The molecule has 0 radical (unpaired) electrons. The summed E-state index contributed by atoms with van der Waals surface area (Å²) in [6, 6.07) is 24.5. The molecule has 0 heterocycles. The Kier molecular flexibility index (Phi) is 4.43. The zero-order valence-corrected chi connectivity index (χ0v) is 12.5. The number of nitrogens with one attached hydrogen (secondary N) is 1. The van der Waals surface area contributed by atoms with Gasteiger partial charge in [-0.05, 0) is 21.9 Å². The molecule has 106 valence electrons. The Balaban J connectivity index is 1.63. The normalized spacial score (nSPS) is 12.4. The third-order valence-corrected chi connectivity index (χ3v) is 4.45. The van der Waals surface area contributed by atoms with Crippen molar-refractivity contribution in [3.63, 3.8) is 0 Å². The maximum atomic E-state index is 12.1. The molecule has 3 aromatic carbocycles. The van der Waals surface area contributed by atoms with Gasteiger partial charge in [0.25, 0.3) is 0 Å². The first-order valence-corrected chi connectivity index (χ1v) is 8.27. The molecule has 1 N–H and O–H groups in total. The van der Waals surface area contributed by atoms with Crippen LogP contribution < -0.4 is 4.72 Å². The zero-order chi connectivity index (χ0) is 14.5. The average Bonchev–Trinajstić information content (AvgIpc) is 2.54. The summed E-state index contributed by atoms with van der Waals surface area (Å²) in [7, 11) is -1.06. The number of benzene rings is 3. The Morgan fingerprint density at radius 3 is 2.29 bits per heavy atom. The summed E-state index contributed by atoms with van der Waals surface area (Å²) < 4.78 is 15.2. The first kappa shape index (κ1) is 14.0. The Labute approximate surface area is 127 Å². The van der Waals surface area contributed by atoms with Crippen LogP contribution >= 0.6 is 0 Å². The number of hydrogen-bond donors (Lipinski definition) is 1. The molecule has 0 saturated carbocycles. The molecule has 0 aliphatic heterocycles. The van der Waals surface area contributed by atoms with Crippen molar-refractivity contribution in [1.29, 1.82) is 0 Å². The minimum atomic E-state index is -1.06. The van der Waals surface area contributed by atoms with E-state index in [4.69, 9.17) is 0 Å². The van der Waals surface area contributed by atoms with Gasteiger partial charge in [0.1, 0.15) is 0 Å². The summed E-state index contributed by atoms with van der Waals surface area (Å²) in [4.78, 5) is 0. The Bertz CT molecular complexity index is 755. The topological polar surface area (TPSA) is 29.1 Å². The molecule has 3 heteroatoms. The van der Waals surface area contributed by atoms with Gasteiger partial charge in [-0.25, -0.2) is 8.93 Å². The minimum absolute atomic E-state index is 0.525. The molecule has 0 aliphatic rings. The molecule has 3 rings (SSSR count). The van der Waals surface area contributed by atoms with Crippen LogP contribution in [-0.4, -0.2) is 4.21 Å². The van der Waals surface area contributed by atoms with Crippen molar-refractivity contribution in [2.24, 2.45) is 0 Å². The number of rotatable bonds is 5. The van der Waals surface area contributed by atoms with Crippen LogP contribution in [0.3, 0.4) is 0 Å². The fraction of sp³-hybridized carbons (Fsp3) is 0.111. The second kappa shape index (κ2) is 6.66. The maximum Gasteiger partial charge on any atom is 0.0963 e. The third kappa shape index (κ3) is 3.78. The molecule has 0 bridgehead atoms. The molecule has 1 unspecified atom stereocenters. The standard InChI is InChI=1S/C18H17NOS/c20-21(19-13-15-6-2-1-3-7-15)14-16-10-11-17-8-4-5-9-18(17)12-16/h1-12,19H,13-14H2. The van der Waals surface area contributed by atoms with E-state index in [0.717, 1.165) is 11.1 Å². The molecular formula is C18H17NOS. The van der Waals surface area contributed by atoms with Crippen LogP contribution in [0, 0.1) is 0 Å². The molecule has 0 spiro atoms. The molecular weight excluding hydrogens is 278 g/mol. The average molecular weight is 295 g/mol. The van der Waals surface area contributed by atoms with E-state index < -0.39 is 11.0 Å². The van der Waals surface area contributed by atoms with Gasteiger partial charge in [0.2, 0.25) is 0 Å². The van der Waals surface area contributed by atoms with Gasteiger partial charge in [0.05, 0.1) is 16.7 Å². The van der Waals surface area contributed by atoms with Crippen LogP contribution in [-0.2, 0) is 23.3 Å². The van der Waals surface area contributed by atoms with Gasteiger partial charge in [0, 0.05) is 6.54 Å². The summed E-state index contributed by atoms with van der Waals surface area (Å²) in [6.45, 7) is 0.626. The van der Waals surface area contributed by atoms with Crippen molar-refractivity contribution >= 4 is 21.8 Å². The van der Waals surface area contributed by atoms with Gasteiger partial charge in [-0.3, -0.25) is 0 Å². The highest BCUT2D eigenvalue weighted by molar-refractivity contribution is 7.82. The molecule has 21 heavy (non-hydrogen) atoms. The zero-order valence-electron chi connectivity index (χ0n) is 11.7. The van der Waals surface area contributed by atoms with E-state index in [2.05, 4.69) is 29.0 Å². The van der Waals surface area contributed by atoms with Crippen LogP contribution in [0.25, 0.3) is 10.8 Å². The number of hydrogen-bond acceptors (Lipinski definition) is 1. The smallest absolute Gasteiger partial charge is 0.0963 e. The van der Waals surface area contributed by atoms with Crippen LogP contribution in [0.4, 0.5) is 0 Å². The van der Waals surface area contributed by atoms with E-state index in [1.807, 2.05) is 48.5 Å². The summed E-state index contributed by atoms with van der Waals surface area (Å²) in [5.41, 5.74) is 2.23. The Morgan fingerprint density at radius 1 is 0.762 bits per heavy atom. The van der Waals surface area contributed by atoms with Crippen LogP contribution in [0.1, 0.15) is 11.1 Å². The van der Waals surface area contributed by atoms with Crippen LogP contribution in [0.2, 0.25) is 0 Å². The lowest BCUT2D eigenvalue weighted by Gasteiger charge is -2.06. The molecule has 0 amide bonds. The minimum Gasteiger partial charge on any atom is -0.243 e. The van der Waals surface area contributed by atoms with Gasteiger partial charge in [0.15, 0.2) is 0 Å². The van der Waals surface area contributed by atoms with Crippen molar-refractivity contribution in [1.82, 2.24) is 4.72 Å². The lowest BCUT2D eigenvalue weighted by atomic mass is 10.1. The quantitative estimate of drug-likeness (QED) is 0.762. The molecule has 0 fully saturated rings. The summed E-state index contributed by atoms with van der Waals surface area (Å²) in [5.74, 6) is 0.525. The highest BCUT2D eigenvalue weighted by Crippen LogP contribution is 2.16. The van der Waals surface area contributed by atoms with Crippen LogP contribution in [0.15, 0.2) is 72.8 Å². The first-order chi connectivity index (χ1) is 10.3. The lowest BCUT2D eigenvalue weighted by molar-refractivity contribution is 0.671. The van der Waals surface area contributed by atoms with E-state index in [9.17, 15) is 4.21 Å². The van der Waals surface area contributed by atoms with E-state index in [1.54, 1.807) is 0 Å². The third-order valence-electron chi connectivity index (χ3n) is 3.39. The van der Waals surface area contributed by atoms with E-state index in [1.165, 1.54) is 10.8 Å². The van der Waals surface area contributed by atoms with Gasteiger partial charge < -0.3 is 0 Å². The predicted octanol–water partition coefficient (Wildman–Crippen LogP) is 3.79. The van der Waals surface area contributed by atoms with Gasteiger partial charge in [-0.1, -0.05) is 72.8 Å². The van der Waals surface area contributed by atoms with Crippen molar-refractivity contribution in [2.75, 3.05) is 0 Å². The SMILES string of the molecule is O=S(Cc1ccc2ccccc2c1)NCc1ccccc1. The van der Waals surface area contributed by atoms with Crippen molar-refractivity contribution < 1.29 is 4.21 Å². The van der Waals surface area contributed by atoms with E-state index in [-0.39, 0.29) is 0 Å². The van der Waals surface area contributed by atoms with Crippen LogP contribution in [0.5, 0.6) is 0 Å². The first-order valence-electron chi connectivity index (χ1n) is 6.95. The molecule has 0 aliphatic carbocycles. The lowest BCUT2D eigenvalue weighted by Crippen LogP contribution is -2.18. The van der Waals surface area contributed by atoms with Gasteiger partial charge in [-0.15, -0.1) is 0 Å². The fourth-order valence-electron chi connectivity index (χ4n) is 2.29. The predicted molar refractivity (Wildman–Crippen MR) is 89.1 cm³/mol. The van der Waals surface area contributed by atoms with Gasteiger partial charge >= 0.3 is 0 Å². The Hall–Kier alpha value is -1.97. The van der Waals surface area contributed by atoms with Crippen molar-refractivity contribution in [3.8, 4) is 0 Å². The molecule has 0 saturated heterocycles. The van der Waals surface area contributed by atoms with Crippen molar-refractivity contribution in [2.45, 2.75) is 12.3 Å². The second-order valence-corrected chi connectivity index (χ2v) is 6.25. The number of fused-ring (bicyclic) bond motifs is 1. The summed E-state index contributed by atoms with van der Waals surface area (Å²) in [6.07, 6.45) is 0. The fourth-order valence-corrected chi connectivity index (χ4v) is 3.20. The Morgan fingerprint density at radius 2 is 1.48 bits per heavy atom. The molecule has 0 aromatic heterocycles. The summed E-state index contributed by atoms with van der Waals surface area (Å²) >= 11 is 0. The second-order valence-electron chi connectivity index (χ2n) is 4.98. The maximum absolute atomic E-state index is 12.1. The molecule has 3 aromatic rings. The summed E-state index contributed by atoms with van der Waals surface area (Å²) in [5, 5.41) is 2.40. The molecule has 1 atom stereocenters. The molecule has 2 nitrogen and oxygen atoms in total. The monoisotopic (exact) mass is 295 g/mol. The highest BCUT2D eigenvalue weighted by atomic mass is 32.2. The highest BCUT2D eigenvalue weighted by Gasteiger charge is 2.03.